The summed E-state index contributed by atoms with van der Waals surface area (Å²) < 4.78 is 34.8. The summed E-state index contributed by atoms with van der Waals surface area (Å²) in [6.45, 7) is 2.70. The lowest BCUT2D eigenvalue weighted by atomic mass is 10.1. The zero-order chi connectivity index (χ0) is 27.0. The van der Waals surface area contributed by atoms with Crippen LogP contribution in [-0.4, -0.2) is 45.9 Å². The lowest BCUT2D eigenvalue weighted by Gasteiger charge is -2.23. The van der Waals surface area contributed by atoms with Gasteiger partial charge in [0, 0.05) is 27.4 Å². The minimum Gasteiger partial charge on any atom is -0.496 e. The van der Waals surface area contributed by atoms with Crippen molar-refractivity contribution >= 4 is 33.4 Å². The van der Waals surface area contributed by atoms with Gasteiger partial charge in [-0.15, -0.1) is 11.3 Å². The monoisotopic (exact) mass is 545 g/mol. The van der Waals surface area contributed by atoms with Gasteiger partial charge in [0.15, 0.2) is 0 Å². The summed E-state index contributed by atoms with van der Waals surface area (Å²) in [5.74, 6) is 0.231. The number of hydrogen-bond acceptors (Lipinski definition) is 7. The normalized spacial score (nSPS) is 11.1. The highest BCUT2D eigenvalue weighted by molar-refractivity contribution is 7.87. The average Bonchev–Trinajstić information content (AvgIpc) is 3.29. The van der Waals surface area contributed by atoms with E-state index in [1.807, 2.05) is 31.2 Å². The van der Waals surface area contributed by atoms with E-state index in [9.17, 15) is 18.0 Å². The number of ether oxygens (including phenoxy) is 2. The Hall–Kier alpha value is -3.41. The van der Waals surface area contributed by atoms with E-state index >= 15 is 0 Å². The largest absolute Gasteiger partial charge is 0.496 e. The van der Waals surface area contributed by atoms with Gasteiger partial charge in [-0.25, -0.2) is 9.86 Å². The smallest absolute Gasteiger partial charge is 0.298 e. The van der Waals surface area contributed by atoms with Crippen LogP contribution in [0.2, 0.25) is 0 Å². The number of amides is 2. The molecule has 0 saturated heterocycles. The molecule has 11 heteroatoms. The Morgan fingerprint density at radius 1 is 1.00 bits per heavy atom. The molecular formula is C26H31N3O6S2. The number of hydrogen-bond donors (Lipinski definition) is 2. The summed E-state index contributed by atoms with van der Waals surface area (Å²) in [6, 6.07) is 17.1. The number of nitrogens with zero attached hydrogens (tertiary/aromatic N) is 1. The van der Waals surface area contributed by atoms with E-state index in [1.165, 1.54) is 16.9 Å². The fourth-order valence-electron chi connectivity index (χ4n) is 3.91. The molecule has 0 unspecified atom stereocenters. The zero-order valence-corrected chi connectivity index (χ0v) is 22.7. The Bertz CT molecular complexity index is 1310. The summed E-state index contributed by atoms with van der Waals surface area (Å²) in [5, 5.41) is 4.87. The van der Waals surface area contributed by atoms with Crippen LogP contribution in [0.1, 0.15) is 37.7 Å². The van der Waals surface area contributed by atoms with Gasteiger partial charge in [0.25, 0.3) is 16.1 Å². The summed E-state index contributed by atoms with van der Waals surface area (Å²) >= 11 is 1.34. The molecule has 0 spiro atoms. The van der Waals surface area contributed by atoms with Gasteiger partial charge in [-0.05, 0) is 49.6 Å². The van der Waals surface area contributed by atoms with Crippen molar-refractivity contribution in [3.8, 4) is 11.5 Å². The highest BCUT2D eigenvalue weighted by Crippen LogP contribution is 2.30. The van der Waals surface area contributed by atoms with E-state index in [0.717, 1.165) is 23.3 Å². The van der Waals surface area contributed by atoms with Crippen LogP contribution in [0.3, 0.4) is 0 Å². The Kier molecular flexibility index (Phi) is 9.67. The number of aryl methyl sites for hydroxylation is 1. The Morgan fingerprint density at radius 3 is 2.22 bits per heavy atom. The first kappa shape index (κ1) is 28.2. The molecule has 9 nitrogen and oxygen atoms in total. The first-order valence-corrected chi connectivity index (χ1v) is 13.9. The number of thiophene rings is 1. The fourth-order valence-corrected chi connectivity index (χ4v) is 5.33. The van der Waals surface area contributed by atoms with Crippen molar-refractivity contribution in [2.45, 2.75) is 32.7 Å². The van der Waals surface area contributed by atoms with Gasteiger partial charge in [-0.3, -0.25) is 9.59 Å². The average molecular weight is 546 g/mol. The number of nitrogens with one attached hydrogen (secondary N) is 1. The molecule has 0 radical (unpaired) electrons. The van der Waals surface area contributed by atoms with Crippen molar-refractivity contribution in [1.82, 2.24) is 9.62 Å². The lowest BCUT2D eigenvalue weighted by Crippen LogP contribution is -2.36. The topological polar surface area (TPSA) is 128 Å². The van der Waals surface area contributed by atoms with Crippen molar-refractivity contribution < 1.29 is 27.5 Å². The van der Waals surface area contributed by atoms with Crippen LogP contribution in [0.15, 0.2) is 54.6 Å². The Balaban J connectivity index is 1.80. The van der Waals surface area contributed by atoms with Gasteiger partial charge in [-0.2, -0.15) is 8.42 Å². The standard InChI is InChI=1S/C26H31N3O6S2/c1-18-23(34-2)14-20(15-24(18)35-3)26(31)29(13-7-10-19-8-5-4-6-9-19)17-22-12-11-21(36-22)16-25(30)28-37(27,32)33/h4-6,8-9,11-12,14-15H,7,10,13,16-17H2,1-3H3,(H,28,30)(H2,27,32,33). The molecule has 2 aromatic carbocycles. The maximum absolute atomic E-state index is 13.7. The molecule has 0 bridgehead atoms. The second-order valence-electron chi connectivity index (χ2n) is 8.44. The zero-order valence-electron chi connectivity index (χ0n) is 21.0. The van der Waals surface area contributed by atoms with Crippen molar-refractivity contribution in [1.29, 1.82) is 0 Å². The van der Waals surface area contributed by atoms with Crippen molar-refractivity contribution in [3.63, 3.8) is 0 Å². The molecule has 0 aliphatic carbocycles. The minimum atomic E-state index is -4.11. The van der Waals surface area contributed by atoms with Crippen LogP contribution in [0.5, 0.6) is 11.5 Å². The molecule has 0 aliphatic heterocycles. The van der Waals surface area contributed by atoms with Gasteiger partial charge in [-0.1, -0.05) is 30.3 Å². The number of rotatable bonds is 12. The molecule has 198 valence electrons. The van der Waals surface area contributed by atoms with Gasteiger partial charge in [0.1, 0.15) is 11.5 Å². The van der Waals surface area contributed by atoms with Crippen LogP contribution in [0.25, 0.3) is 0 Å². The minimum absolute atomic E-state index is 0.130. The van der Waals surface area contributed by atoms with Crippen LogP contribution in [0, 0.1) is 6.92 Å². The van der Waals surface area contributed by atoms with Crippen LogP contribution < -0.4 is 19.3 Å². The fraction of sp³-hybridized carbons (Fsp3) is 0.308. The van der Waals surface area contributed by atoms with Crippen LogP contribution in [-0.2, 0) is 34.4 Å². The highest BCUT2D eigenvalue weighted by Gasteiger charge is 2.21. The number of carbonyl (C=O) groups excluding carboxylic acids is 2. The predicted octanol–water partition coefficient (Wildman–Crippen LogP) is 3.21. The van der Waals surface area contributed by atoms with Gasteiger partial charge >= 0.3 is 0 Å². The quantitative estimate of drug-likeness (QED) is 0.360. The van der Waals surface area contributed by atoms with Gasteiger partial charge < -0.3 is 14.4 Å². The van der Waals surface area contributed by atoms with Crippen LogP contribution >= 0.6 is 11.3 Å². The van der Waals surface area contributed by atoms with E-state index in [2.05, 4.69) is 12.1 Å². The maximum atomic E-state index is 13.7. The molecule has 1 heterocycles. The third-order valence-corrected chi connectivity index (χ3v) is 7.26. The molecule has 0 aliphatic rings. The third kappa shape index (κ3) is 8.31. The van der Waals surface area contributed by atoms with E-state index in [-0.39, 0.29) is 12.3 Å². The van der Waals surface area contributed by atoms with E-state index in [0.29, 0.717) is 35.0 Å². The van der Waals surface area contributed by atoms with E-state index in [4.69, 9.17) is 14.6 Å². The molecule has 0 fully saturated rings. The first-order chi connectivity index (χ1) is 17.6. The maximum Gasteiger partial charge on any atom is 0.298 e. The van der Waals surface area contributed by atoms with Gasteiger partial charge in [0.05, 0.1) is 27.2 Å². The summed E-state index contributed by atoms with van der Waals surface area (Å²) in [4.78, 5) is 28.9. The molecular weight excluding hydrogens is 514 g/mol. The second kappa shape index (κ2) is 12.7. The van der Waals surface area contributed by atoms with Crippen molar-refractivity contribution in [2.75, 3.05) is 20.8 Å². The van der Waals surface area contributed by atoms with Crippen LogP contribution in [0.4, 0.5) is 0 Å². The summed E-state index contributed by atoms with van der Waals surface area (Å²) in [6.07, 6.45) is 1.44. The molecule has 3 rings (SSSR count). The number of benzene rings is 2. The number of carbonyl (C=O) groups is 2. The third-order valence-electron chi connectivity index (χ3n) is 5.68. The van der Waals surface area contributed by atoms with Crippen molar-refractivity contribution in [3.05, 3.63) is 81.0 Å². The van der Waals surface area contributed by atoms with E-state index in [1.54, 1.807) is 42.0 Å². The Labute approximate surface area is 221 Å². The first-order valence-electron chi connectivity index (χ1n) is 11.6. The highest BCUT2D eigenvalue weighted by atomic mass is 32.2. The molecule has 3 N–H and O–H groups in total. The predicted molar refractivity (Wildman–Crippen MR) is 143 cm³/mol. The molecule has 37 heavy (non-hydrogen) atoms. The summed E-state index contributed by atoms with van der Waals surface area (Å²) in [5.41, 5.74) is 2.44. The summed E-state index contributed by atoms with van der Waals surface area (Å²) in [7, 11) is -1.02. The van der Waals surface area contributed by atoms with E-state index < -0.39 is 16.1 Å². The Morgan fingerprint density at radius 2 is 1.62 bits per heavy atom. The number of methoxy groups -OCH3 is 2. The van der Waals surface area contributed by atoms with Crippen molar-refractivity contribution in [2.24, 2.45) is 5.14 Å². The SMILES string of the molecule is COc1cc(C(=O)N(CCCc2ccccc2)Cc2ccc(CC(=O)NS(N)(=O)=O)s2)cc(OC)c1C. The molecule has 0 atom stereocenters. The molecule has 3 aromatic rings. The second-order valence-corrected chi connectivity index (χ2v) is 11.0. The van der Waals surface area contributed by atoms with Gasteiger partial charge in [0.2, 0.25) is 5.91 Å². The molecule has 0 saturated carbocycles. The molecule has 1 aromatic heterocycles. The molecule has 2 amide bonds. The lowest BCUT2D eigenvalue weighted by molar-refractivity contribution is -0.118. The number of nitrogens with two attached hydrogens (primary N) is 1.